The zero-order chi connectivity index (χ0) is 17.5. The van der Waals surface area contributed by atoms with E-state index in [0.29, 0.717) is 35.9 Å². The van der Waals surface area contributed by atoms with Crippen molar-refractivity contribution in [3.63, 3.8) is 0 Å². The molecule has 126 valence electrons. The van der Waals surface area contributed by atoms with Crippen LogP contribution in [0.5, 0.6) is 5.75 Å². The zero-order valence-corrected chi connectivity index (χ0v) is 12.6. The van der Waals surface area contributed by atoms with Crippen molar-refractivity contribution in [3.8, 4) is 16.9 Å². The maximum Gasteiger partial charge on any atom is 0.419 e. The number of rotatable bonds is 2. The average molecular weight is 339 g/mol. The molecule has 1 aliphatic rings. The number of amides is 1. The first-order chi connectivity index (χ1) is 11.3. The number of alkyl halides is 3. The number of carbonyl (C=O) groups excluding carboxylic acids is 1. The molecule has 0 saturated heterocycles. The molecule has 1 heterocycles. The van der Waals surface area contributed by atoms with E-state index in [2.05, 4.69) is 5.32 Å². The molecule has 7 heteroatoms. The lowest BCUT2D eigenvalue weighted by molar-refractivity contribution is -0.140. The minimum Gasteiger partial charge on any atom is -0.496 e. The van der Waals surface area contributed by atoms with Crippen molar-refractivity contribution in [2.24, 2.45) is 0 Å². The molecule has 3 rings (SSSR count). The Kier molecular flexibility index (Phi) is 3.95. The van der Waals surface area contributed by atoms with Gasteiger partial charge in [0.25, 0.3) is 0 Å². The summed E-state index contributed by atoms with van der Waals surface area (Å²) >= 11 is 0. The van der Waals surface area contributed by atoms with E-state index in [0.717, 1.165) is 11.6 Å². The third kappa shape index (κ3) is 2.93. The van der Waals surface area contributed by atoms with Crippen LogP contribution in [-0.2, 0) is 17.4 Å². The Bertz CT molecular complexity index is 815. The Labute approximate surface area is 135 Å². The van der Waals surface area contributed by atoms with Crippen LogP contribution in [-0.4, -0.2) is 13.0 Å². The van der Waals surface area contributed by atoms with Crippen LogP contribution in [0, 0.1) is 5.82 Å². The normalized spacial score (nSPS) is 14.1. The van der Waals surface area contributed by atoms with E-state index >= 15 is 0 Å². The fourth-order valence-electron chi connectivity index (χ4n) is 2.72. The number of aryl methyl sites for hydroxylation is 1. The van der Waals surface area contributed by atoms with Crippen LogP contribution >= 0.6 is 0 Å². The fourth-order valence-corrected chi connectivity index (χ4v) is 2.72. The molecule has 0 fully saturated rings. The van der Waals surface area contributed by atoms with E-state index in [1.165, 1.54) is 13.2 Å². The molecule has 1 N–H and O–H groups in total. The summed E-state index contributed by atoms with van der Waals surface area (Å²) in [5.74, 6) is -1.11. The van der Waals surface area contributed by atoms with E-state index in [-0.39, 0.29) is 11.5 Å². The Balaban J connectivity index is 2.09. The van der Waals surface area contributed by atoms with Gasteiger partial charge in [0.1, 0.15) is 11.6 Å². The van der Waals surface area contributed by atoms with Gasteiger partial charge in [-0.15, -0.1) is 0 Å². The largest absolute Gasteiger partial charge is 0.496 e. The molecule has 2 aromatic rings. The van der Waals surface area contributed by atoms with Gasteiger partial charge in [-0.25, -0.2) is 4.39 Å². The van der Waals surface area contributed by atoms with Gasteiger partial charge in [-0.05, 0) is 35.7 Å². The number of ether oxygens (including phenoxy) is 1. The summed E-state index contributed by atoms with van der Waals surface area (Å²) < 4.78 is 57.1. The number of hydrogen-bond acceptors (Lipinski definition) is 2. The van der Waals surface area contributed by atoms with Crippen molar-refractivity contribution in [1.82, 2.24) is 0 Å². The van der Waals surface area contributed by atoms with E-state index in [1.54, 1.807) is 12.1 Å². The van der Waals surface area contributed by atoms with Gasteiger partial charge < -0.3 is 10.1 Å². The van der Waals surface area contributed by atoms with Crippen LogP contribution in [0.4, 0.5) is 23.2 Å². The summed E-state index contributed by atoms with van der Waals surface area (Å²) in [6.07, 6.45) is -3.92. The quantitative estimate of drug-likeness (QED) is 0.824. The number of nitrogens with one attached hydrogen (secondary N) is 1. The van der Waals surface area contributed by atoms with Crippen molar-refractivity contribution in [1.29, 1.82) is 0 Å². The van der Waals surface area contributed by atoms with E-state index in [1.807, 2.05) is 0 Å². The minimum atomic E-state index is -4.74. The maximum absolute atomic E-state index is 13.8. The molecule has 0 aromatic heterocycles. The lowest BCUT2D eigenvalue weighted by Gasteiger charge is -2.20. The summed E-state index contributed by atoms with van der Waals surface area (Å²) in [5.41, 5.74) is 0.859. The molecule has 0 aliphatic carbocycles. The van der Waals surface area contributed by atoms with Crippen LogP contribution in [0.3, 0.4) is 0 Å². The highest BCUT2D eigenvalue weighted by molar-refractivity contribution is 5.95. The van der Waals surface area contributed by atoms with Gasteiger partial charge in [-0.3, -0.25) is 4.79 Å². The zero-order valence-electron chi connectivity index (χ0n) is 12.6. The van der Waals surface area contributed by atoms with Crippen LogP contribution < -0.4 is 10.1 Å². The van der Waals surface area contributed by atoms with Crippen molar-refractivity contribution in [3.05, 3.63) is 47.3 Å². The summed E-state index contributed by atoms with van der Waals surface area (Å²) in [7, 11) is 1.40. The van der Waals surface area contributed by atoms with E-state index in [4.69, 9.17) is 4.74 Å². The highest BCUT2D eigenvalue weighted by Crippen LogP contribution is 2.39. The number of benzene rings is 2. The first kappa shape index (κ1) is 16.3. The molecule has 24 heavy (non-hydrogen) atoms. The second kappa shape index (κ2) is 5.81. The second-order valence-corrected chi connectivity index (χ2v) is 5.45. The lowest BCUT2D eigenvalue weighted by atomic mass is 9.95. The topological polar surface area (TPSA) is 38.3 Å². The summed E-state index contributed by atoms with van der Waals surface area (Å²) in [6, 6.07) is 6.06. The maximum atomic E-state index is 13.8. The van der Waals surface area contributed by atoms with Crippen LogP contribution in [0.1, 0.15) is 17.5 Å². The number of carbonyl (C=O) groups is 1. The molecular weight excluding hydrogens is 326 g/mol. The molecule has 0 atom stereocenters. The number of fused-ring (bicyclic) bond motifs is 1. The van der Waals surface area contributed by atoms with Gasteiger partial charge in [0.15, 0.2) is 0 Å². The smallest absolute Gasteiger partial charge is 0.419 e. The van der Waals surface area contributed by atoms with Gasteiger partial charge >= 0.3 is 6.18 Å². The summed E-state index contributed by atoms with van der Waals surface area (Å²) in [5, 5.41) is 2.71. The standard InChI is InChI=1S/C17H13F4NO2/c1-24-15-8-14-10(3-5-16(23)22-14)6-11(15)9-2-4-12(13(18)7-9)17(19,20)21/h2,4,6-8H,3,5H2,1H3,(H,22,23). The van der Waals surface area contributed by atoms with Gasteiger partial charge in [-0.1, -0.05) is 6.07 Å². The molecule has 0 bridgehead atoms. The number of hydrogen-bond donors (Lipinski definition) is 1. The van der Waals surface area contributed by atoms with Gasteiger partial charge in [0.05, 0.1) is 12.7 Å². The van der Waals surface area contributed by atoms with Crippen molar-refractivity contribution >= 4 is 11.6 Å². The Morgan fingerprint density at radius 3 is 2.50 bits per heavy atom. The van der Waals surface area contributed by atoms with E-state index < -0.39 is 17.6 Å². The summed E-state index contributed by atoms with van der Waals surface area (Å²) in [6.45, 7) is 0. The SMILES string of the molecule is COc1cc2c(cc1-c1ccc(C(F)(F)F)c(F)c1)CCC(=O)N2. The van der Waals surface area contributed by atoms with Crippen LogP contribution in [0.25, 0.3) is 11.1 Å². The van der Waals surface area contributed by atoms with Crippen LogP contribution in [0.2, 0.25) is 0 Å². The average Bonchev–Trinajstić information content (AvgIpc) is 2.52. The third-order valence-corrected chi connectivity index (χ3v) is 3.91. The molecule has 2 aromatic carbocycles. The van der Waals surface area contributed by atoms with Crippen molar-refractivity contribution < 1.29 is 27.1 Å². The third-order valence-electron chi connectivity index (χ3n) is 3.91. The Hall–Kier alpha value is -2.57. The molecule has 0 radical (unpaired) electrons. The molecule has 0 unspecified atom stereocenters. The van der Waals surface area contributed by atoms with Gasteiger partial charge in [0.2, 0.25) is 5.91 Å². The van der Waals surface area contributed by atoms with Gasteiger partial charge in [-0.2, -0.15) is 13.2 Å². The monoisotopic (exact) mass is 339 g/mol. The highest BCUT2D eigenvalue weighted by atomic mass is 19.4. The lowest BCUT2D eigenvalue weighted by Crippen LogP contribution is -2.19. The number of anilines is 1. The van der Waals surface area contributed by atoms with Crippen molar-refractivity contribution in [2.75, 3.05) is 12.4 Å². The predicted molar refractivity (Wildman–Crippen MR) is 80.3 cm³/mol. The first-order valence-corrected chi connectivity index (χ1v) is 7.17. The van der Waals surface area contributed by atoms with Crippen molar-refractivity contribution in [2.45, 2.75) is 19.0 Å². The van der Waals surface area contributed by atoms with Gasteiger partial charge in [0, 0.05) is 23.7 Å². The molecule has 0 spiro atoms. The molecule has 1 amide bonds. The Morgan fingerprint density at radius 1 is 1.12 bits per heavy atom. The highest BCUT2D eigenvalue weighted by Gasteiger charge is 2.34. The number of halogens is 4. The molecule has 0 saturated carbocycles. The first-order valence-electron chi connectivity index (χ1n) is 7.17. The van der Waals surface area contributed by atoms with Crippen LogP contribution in [0.15, 0.2) is 30.3 Å². The second-order valence-electron chi connectivity index (χ2n) is 5.45. The predicted octanol–water partition coefficient (Wildman–Crippen LogP) is 4.40. The Morgan fingerprint density at radius 2 is 1.88 bits per heavy atom. The molecule has 1 aliphatic heterocycles. The molecule has 3 nitrogen and oxygen atoms in total. The van der Waals surface area contributed by atoms with E-state index in [9.17, 15) is 22.4 Å². The fraction of sp³-hybridized carbons (Fsp3) is 0.235. The summed E-state index contributed by atoms with van der Waals surface area (Å²) in [4.78, 5) is 11.4. The minimum absolute atomic E-state index is 0.113. The molecular formula is C17H13F4NO2. The number of methoxy groups -OCH3 is 1.